The first-order valence-corrected chi connectivity index (χ1v) is 7.56. The third-order valence-corrected chi connectivity index (χ3v) is 3.55. The van der Waals surface area contributed by atoms with E-state index >= 15 is 0 Å². The monoisotopic (exact) mass is 365 g/mol. The van der Waals surface area contributed by atoms with E-state index in [1.165, 1.54) is 25.6 Å². The molecule has 0 aromatic carbocycles. The molecule has 0 saturated carbocycles. The largest absolute Gasteiger partial charge is 0.491 e. The number of allylic oxidation sites excluding steroid dienone is 1. The van der Waals surface area contributed by atoms with Crippen LogP contribution < -0.4 is 9.47 Å². The lowest BCUT2D eigenvalue weighted by atomic mass is 10.1. The molecular formula is C16H13Cl2N3O3. The van der Waals surface area contributed by atoms with Crippen LogP contribution in [0.25, 0.3) is 11.6 Å². The summed E-state index contributed by atoms with van der Waals surface area (Å²) in [6.07, 6.45) is 4.40. The van der Waals surface area contributed by atoms with Crippen molar-refractivity contribution in [1.82, 2.24) is 9.97 Å². The Bertz CT molecular complexity index is 783. The van der Waals surface area contributed by atoms with Crippen molar-refractivity contribution in [3.63, 3.8) is 0 Å². The van der Waals surface area contributed by atoms with E-state index in [0.29, 0.717) is 27.1 Å². The molecule has 6 nitrogen and oxygen atoms in total. The number of hydrogen-bond acceptors (Lipinski definition) is 6. The van der Waals surface area contributed by atoms with Crippen molar-refractivity contribution in [2.24, 2.45) is 0 Å². The number of halogens is 2. The summed E-state index contributed by atoms with van der Waals surface area (Å²) >= 11 is 12.1. The molecule has 0 radical (unpaired) electrons. The molecule has 24 heavy (non-hydrogen) atoms. The highest BCUT2D eigenvalue weighted by Crippen LogP contribution is 2.30. The minimum atomic E-state index is -0.168. The molecule has 0 aliphatic heterocycles. The standard InChI is InChI=1S/C16H13Cl2N3O3/c1-23-15-3-2-14(21-16(15)24-5-4-22)10(7-19)6-11-12(17)8-20-9-13(11)18/h2-3,6,8-9,22H,4-5H2,1H3. The van der Waals surface area contributed by atoms with Crippen LogP contribution in [0.1, 0.15) is 11.3 Å². The first-order chi connectivity index (χ1) is 11.6. The molecule has 0 aliphatic rings. The predicted molar refractivity (Wildman–Crippen MR) is 91.1 cm³/mol. The molecule has 8 heteroatoms. The molecule has 0 unspecified atom stereocenters. The lowest BCUT2D eigenvalue weighted by Crippen LogP contribution is -2.05. The molecule has 0 amide bonds. The van der Waals surface area contributed by atoms with Gasteiger partial charge in [-0.05, 0) is 18.2 Å². The number of hydrogen-bond donors (Lipinski definition) is 1. The molecular weight excluding hydrogens is 353 g/mol. The SMILES string of the molecule is COc1ccc(C(C#N)=Cc2c(Cl)cncc2Cl)nc1OCCO. The highest BCUT2D eigenvalue weighted by atomic mass is 35.5. The normalized spacial score (nSPS) is 11.0. The van der Waals surface area contributed by atoms with Crippen LogP contribution in [0.15, 0.2) is 24.5 Å². The van der Waals surface area contributed by atoms with E-state index in [-0.39, 0.29) is 24.7 Å². The third-order valence-electron chi connectivity index (χ3n) is 2.95. The Morgan fingerprint density at radius 2 is 2.04 bits per heavy atom. The summed E-state index contributed by atoms with van der Waals surface area (Å²) in [5.74, 6) is 0.571. The number of methoxy groups -OCH3 is 1. The first kappa shape index (κ1) is 18.0. The summed E-state index contributed by atoms with van der Waals surface area (Å²) < 4.78 is 10.5. The van der Waals surface area contributed by atoms with Crippen molar-refractivity contribution >= 4 is 34.9 Å². The van der Waals surface area contributed by atoms with Gasteiger partial charge < -0.3 is 14.6 Å². The Hall–Kier alpha value is -2.33. The molecule has 0 fully saturated rings. The Morgan fingerprint density at radius 3 is 2.62 bits per heavy atom. The van der Waals surface area contributed by atoms with Gasteiger partial charge in [-0.25, -0.2) is 4.98 Å². The Balaban J connectivity index is 2.48. The van der Waals surface area contributed by atoms with Crippen molar-refractivity contribution < 1.29 is 14.6 Å². The van der Waals surface area contributed by atoms with Gasteiger partial charge in [0.05, 0.1) is 35.0 Å². The van der Waals surface area contributed by atoms with Crippen molar-refractivity contribution in [2.45, 2.75) is 0 Å². The number of aliphatic hydroxyl groups is 1. The Morgan fingerprint density at radius 1 is 1.33 bits per heavy atom. The minimum absolute atomic E-state index is 0.0560. The van der Waals surface area contributed by atoms with Gasteiger partial charge in [-0.3, -0.25) is 4.98 Å². The van der Waals surface area contributed by atoms with Crippen molar-refractivity contribution in [2.75, 3.05) is 20.3 Å². The van der Waals surface area contributed by atoms with E-state index in [4.69, 9.17) is 37.8 Å². The summed E-state index contributed by atoms with van der Waals surface area (Å²) in [4.78, 5) is 8.13. The van der Waals surface area contributed by atoms with Gasteiger partial charge in [0.2, 0.25) is 0 Å². The number of pyridine rings is 2. The summed E-state index contributed by atoms with van der Waals surface area (Å²) in [5, 5.41) is 19.0. The Labute approximate surface area is 148 Å². The van der Waals surface area contributed by atoms with Crippen LogP contribution in [0, 0.1) is 11.3 Å². The molecule has 0 aliphatic carbocycles. The summed E-state index contributed by atoms with van der Waals surface area (Å²) in [6.45, 7) is -0.112. The zero-order chi connectivity index (χ0) is 17.5. The van der Waals surface area contributed by atoms with Gasteiger partial charge in [0.25, 0.3) is 5.88 Å². The number of aliphatic hydroxyl groups excluding tert-OH is 1. The molecule has 0 atom stereocenters. The fraction of sp³-hybridized carbons (Fsp3) is 0.188. The molecule has 0 saturated heterocycles. The number of ether oxygens (including phenoxy) is 2. The van der Waals surface area contributed by atoms with Crippen molar-refractivity contribution in [3.05, 3.63) is 45.8 Å². The Kier molecular flexibility index (Phi) is 6.38. The van der Waals surface area contributed by atoms with Gasteiger partial charge in [-0.2, -0.15) is 5.26 Å². The van der Waals surface area contributed by atoms with Crippen molar-refractivity contribution in [3.8, 4) is 17.7 Å². The lowest BCUT2D eigenvalue weighted by molar-refractivity contribution is 0.191. The topological polar surface area (TPSA) is 88.3 Å². The second kappa shape index (κ2) is 8.50. The van der Waals surface area contributed by atoms with E-state index in [0.717, 1.165) is 0 Å². The van der Waals surface area contributed by atoms with E-state index in [1.807, 2.05) is 0 Å². The highest BCUT2D eigenvalue weighted by molar-refractivity contribution is 6.37. The van der Waals surface area contributed by atoms with Crippen LogP contribution in [0.2, 0.25) is 10.0 Å². The average Bonchev–Trinajstić information content (AvgIpc) is 2.59. The first-order valence-electron chi connectivity index (χ1n) is 6.80. The highest BCUT2D eigenvalue weighted by Gasteiger charge is 2.12. The van der Waals surface area contributed by atoms with E-state index in [2.05, 4.69) is 16.0 Å². The average molecular weight is 366 g/mol. The van der Waals surface area contributed by atoms with Gasteiger partial charge in [-0.15, -0.1) is 0 Å². The summed E-state index contributed by atoms with van der Waals surface area (Å²) in [5.41, 5.74) is 1.07. The second-order valence-electron chi connectivity index (χ2n) is 4.46. The fourth-order valence-corrected chi connectivity index (χ4v) is 2.32. The van der Waals surface area contributed by atoms with Gasteiger partial charge in [0, 0.05) is 18.0 Å². The molecule has 2 aromatic heterocycles. The van der Waals surface area contributed by atoms with Crippen LogP contribution in [-0.4, -0.2) is 35.4 Å². The van der Waals surface area contributed by atoms with Crippen LogP contribution in [-0.2, 0) is 0 Å². The molecule has 2 rings (SSSR count). The summed E-state index contributed by atoms with van der Waals surface area (Å²) in [7, 11) is 1.47. The lowest BCUT2D eigenvalue weighted by Gasteiger charge is -2.10. The molecule has 1 N–H and O–H groups in total. The van der Waals surface area contributed by atoms with Gasteiger partial charge in [-0.1, -0.05) is 23.2 Å². The van der Waals surface area contributed by atoms with E-state index in [1.54, 1.807) is 12.1 Å². The smallest absolute Gasteiger partial charge is 0.257 e. The summed E-state index contributed by atoms with van der Waals surface area (Å²) in [6, 6.07) is 5.29. The maximum atomic E-state index is 9.44. The second-order valence-corrected chi connectivity index (χ2v) is 5.28. The minimum Gasteiger partial charge on any atom is -0.491 e. The van der Waals surface area contributed by atoms with E-state index in [9.17, 15) is 5.26 Å². The maximum Gasteiger partial charge on any atom is 0.257 e. The quantitative estimate of drug-likeness (QED) is 0.790. The molecule has 0 bridgehead atoms. The van der Waals surface area contributed by atoms with Crippen LogP contribution >= 0.6 is 23.2 Å². The van der Waals surface area contributed by atoms with Crippen molar-refractivity contribution in [1.29, 1.82) is 5.26 Å². The van der Waals surface area contributed by atoms with Gasteiger partial charge >= 0.3 is 0 Å². The molecule has 2 heterocycles. The van der Waals surface area contributed by atoms with Crippen LogP contribution in [0.3, 0.4) is 0 Å². The zero-order valence-electron chi connectivity index (χ0n) is 12.7. The van der Waals surface area contributed by atoms with Crippen LogP contribution in [0.5, 0.6) is 11.6 Å². The third kappa shape index (κ3) is 4.15. The van der Waals surface area contributed by atoms with Gasteiger partial charge in [0.15, 0.2) is 5.75 Å². The van der Waals surface area contributed by atoms with E-state index < -0.39 is 0 Å². The fourth-order valence-electron chi connectivity index (χ4n) is 1.85. The maximum absolute atomic E-state index is 9.44. The molecule has 124 valence electrons. The molecule has 0 spiro atoms. The van der Waals surface area contributed by atoms with Gasteiger partial charge in [0.1, 0.15) is 12.7 Å². The number of aromatic nitrogens is 2. The number of rotatable bonds is 6. The predicted octanol–water partition coefficient (Wildman–Crippen LogP) is 3.23. The van der Waals surface area contributed by atoms with Crippen LogP contribution in [0.4, 0.5) is 0 Å². The number of nitriles is 1. The zero-order valence-corrected chi connectivity index (χ0v) is 14.2. The number of nitrogens with zero attached hydrogens (tertiary/aromatic N) is 3. The molecule has 2 aromatic rings.